The van der Waals surface area contributed by atoms with Crippen LogP contribution in [0, 0.1) is 0 Å². The average Bonchev–Trinajstić information content (AvgIpc) is 2.87. The molecular weight excluding hydrogens is 296 g/mol. The Hall–Kier alpha value is -1.44. The van der Waals surface area contributed by atoms with Crippen molar-refractivity contribution in [2.24, 2.45) is 0 Å². The van der Waals surface area contributed by atoms with Crippen molar-refractivity contribution in [1.82, 2.24) is 4.98 Å². The second kappa shape index (κ2) is 5.90. The lowest BCUT2D eigenvalue weighted by Crippen LogP contribution is -2.13. The Morgan fingerprint density at radius 2 is 2.15 bits per heavy atom. The van der Waals surface area contributed by atoms with E-state index < -0.39 is 10.0 Å². The highest BCUT2D eigenvalue weighted by Crippen LogP contribution is 2.24. The molecule has 0 aliphatic carbocycles. The smallest absolute Gasteiger partial charge is 0.263 e. The Labute approximate surface area is 122 Å². The Morgan fingerprint density at radius 1 is 1.40 bits per heavy atom. The molecule has 7 heteroatoms. The predicted molar refractivity (Wildman–Crippen MR) is 79.4 cm³/mol. The molecule has 20 heavy (non-hydrogen) atoms. The third kappa shape index (κ3) is 3.36. The summed E-state index contributed by atoms with van der Waals surface area (Å²) in [5.41, 5.74) is 1.41. The maximum absolute atomic E-state index is 12.2. The first-order valence-electron chi connectivity index (χ1n) is 6.10. The molecular formula is C13H16N2O3S2. The molecule has 108 valence electrons. The molecule has 0 fully saturated rings. The van der Waals surface area contributed by atoms with E-state index in [1.807, 2.05) is 19.2 Å². The number of benzene rings is 1. The van der Waals surface area contributed by atoms with Gasteiger partial charge in [-0.15, -0.1) is 11.3 Å². The zero-order valence-corrected chi connectivity index (χ0v) is 12.8. The molecule has 0 atom stereocenters. The third-order valence-corrected chi connectivity index (χ3v) is 4.97. The van der Waals surface area contributed by atoms with Gasteiger partial charge in [-0.05, 0) is 23.6 Å². The van der Waals surface area contributed by atoms with Gasteiger partial charge in [-0.2, -0.15) is 0 Å². The second-order valence-electron chi connectivity index (χ2n) is 4.64. The monoisotopic (exact) mass is 312 g/mol. The number of aromatic nitrogens is 1. The van der Waals surface area contributed by atoms with Crippen molar-refractivity contribution in [2.45, 2.75) is 31.3 Å². The molecule has 0 aliphatic heterocycles. The fraction of sp³-hybridized carbons (Fsp3) is 0.308. The van der Waals surface area contributed by atoms with Crippen LogP contribution in [0.15, 0.2) is 34.5 Å². The van der Waals surface area contributed by atoms with Gasteiger partial charge >= 0.3 is 0 Å². The van der Waals surface area contributed by atoms with Gasteiger partial charge in [-0.1, -0.05) is 26.0 Å². The van der Waals surface area contributed by atoms with Gasteiger partial charge in [0.25, 0.3) is 10.0 Å². The molecule has 0 radical (unpaired) electrons. The number of hydrogen-bond acceptors (Lipinski definition) is 5. The standard InChI is InChI=1S/C13H16N2O3S2/c1-9(2)12-8-19-13(14-12)15-20(17,18)11-5-3-4-10(6-11)7-16/h3-6,8-9,16H,7H2,1-2H3,(H,14,15). The van der Waals surface area contributed by atoms with Crippen LogP contribution in [0.4, 0.5) is 5.13 Å². The summed E-state index contributed by atoms with van der Waals surface area (Å²) in [6.45, 7) is 3.80. The predicted octanol–water partition coefficient (Wildman–Crippen LogP) is 2.56. The summed E-state index contributed by atoms with van der Waals surface area (Å²) in [4.78, 5) is 4.36. The molecule has 2 rings (SSSR count). The highest BCUT2D eigenvalue weighted by molar-refractivity contribution is 7.93. The summed E-state index contributed by atoms with van der Waals surface area (Å²) < 4.78 is 26.9. The first-order valence-corrected chi connectivity index (χ1v) is 8.46. The Balaban J connectivity index is 2.25. The lowest BCUT2D eigenvalue weighted by atomic mass is 10.2. The number of anilines is 1. The molecule has 0 aliphatic rings. The van der Waals surface area contributed by atoms with Crippen molar-refractivity contribution in [3.63, 3.8) is 0 Å². The third-order valence-electron chi connectivity index (χ3n) is 2.73. The van der Waals surface area contributed by atoms with Crippen LogP contribution in [0.25, 0.3) is 0 Å². The maximum atomic E-state index is 12.2. The van der Waals surface area contributed by atoms with Gasteiger partial charge in [0.05, 0.1) is 17.2 Å². The van der Waals surface area contributed by atoms with Crippen LogP contribution >= 0.6 is 11.3 Å². The fourth-order valence-electron chi connectivity index (χ4n) is 1.58. The summed E-state index contributed by atoms with van der Waals surface area (Å²) in [5.74, 6) is 0.252. The average molecular weight is 312 g/mol. The number of thiazole rings is 1. The molecule has 0 saturated heterocycles. The van der Waals surface area contributed by atoms with Gasteiger partial charge in [-0.3, -0.25) is 4.72 Å². The molecule has 0 unspecified atom stereocenters. The van der Waals surface area contributed by atoms with E-state index in [-0.39, 0.29) is 17.4 Å². The van der Waals surface area contributed by atoms with Crippen molar-refractivity contribution in [3.05, 3.63) is 40.9 Å². The SMILES string of the molecule is CC(C)c1csc(NS(=O)(=O)c2cccc(CO)c2)n1. The first kappa shape index (κ1) is 15.0. The normalized spacial score (nSPS) is 11.8. The number of hydrogen-bond donors (Lipinski definition) is 2. The minimum Gasteiger partial charge on any atom is -0.392 e. The summed E-state index contributed by atoms with van der Waals surface area (Å²) >= 11 is 1.26. The van der Waals surface area contributed by atoms with Gasteiger partial charge < -0.3 is 5.11 Å². The molecule has 1 heterocycles. The number of nitrogens with one attached hydrogen (secondary N) is 1. The molecule has 1 aromatic heterocycles. The van der Waals surface area contributed by atoms with E-state index in [1.54, 1.807) is 12.1 Å². The van der Waals surface area contributed by atoms with Crippen molar-refractivity contribution in [1.29, 1.82) is 0 Å². The summed E-state index contributed by atoms with van der Waals surface area (Å²) in [6.07, 6.45) is 0. The van der Waals surface area contributed by atoms with Crippen LogP contribution in [0.2, 0.25) is 0 Å². The fourth-order valence-corrected chi connectivity index (χ4v) is 3.78. The molecule has 2 aromatic rings. The van der Waals surface area contributed by atoms with Crippen LogP contribution in [0.3, 0.4) is 0 Å². The van der Waals surface area contributed by atoms with E-state index in [9.17, 15) is 8.42 Å². The zero-order chi connectivity index (χ0) is 14.8. The first-order chi connectivity index (χ1) is 9.42. The van der Waals surface area contributed by atoms with E-state index in [1.165, 1.54) is 23.5 Å². The highest BCUT2D eigenvalue weighted by atomic mass is 32.2. The minimum absolute atomic E-state index is 0.116. The summed E-state index contributed by atoms with van der Waals surface area (Å²) in [7, 11) is -3.67. The largest absolute Gasteiger partial charge is 0.392 e. The van der Waals surface area contributed by atoms with Gasteiger partial charge in [0.1, 0.15) is 0 Å². The van der Waals surface area contributed by atoms with E-state index >= 15 is 0 Å². The number of rotatable bonds is 5. The van der Waals surface area contributed by atoms with E-state index in [0.29, 0.717) is 10.7 Å². The van der Waals surface area contributed by atoms with Crippen LogP contribution < -0.4 is 4.72 Å². The Bertz CT molecular complexity index is 693. The van der Waals surface area contributed by atoms with Gasteiger partial charge in [0, 0.05) is 5.38 Å². The van der Waals surface area contributed by atoms with Gasteiger partial charge in [0.15, 0.2) is 5.13 Å². The molecule has 0 bridgehead atoms. The summed E-state index contributed by atoms with van der Waals surface area (Å²) in [6, 6.07) is 6.19. The van der Waals surface area contributed by atoms with E-state index in [0.717, 1.165) is 5.69 Å². The molecule has 2 N–H and O–H groups in total. The Morgan fingerprint density at radius 3 is 2.75 bits per heavy atom. The van der Waals surface area contributed by atoms with E-state index in [4.69, 9.17) is 5.11 Å². The van der Waals surface area contributed by atoms with Crippen molar-refractivity contribution >= 4 is 26.5 Å². The van der Waals surface area contributed by atoms with Crippen molar-refractivity contribution < 1.29 is 13.5 Å². The van der Waals surface area contributed by atoms with Crippen LogP contribution in [0.5, 0.6) is 0 Å². The van der Waals surface area contributed by atoms with Crippen LogP contribution in [0.1, 0.15) is 31.0 Å². The Kier molecular flexibility index (Phi) is 4.42. The molecule has 1 aromatic carbocycles. The van der Waals surface area contributed by atoms with Crippen molar-refractivity contribution in [3.8, 4) is 0 Å². The number of aliphatic hydroxyl groups excluding tert-OH is 1. The van der Waals surface area contributed by atoms with Crippen LogP contribution in [-0.4, -0.2) is 18.5 Å². The lowest BCUT2D eigenvalue weighted by Gasteiger charge is -2.06. The number of nitrogens with zero attached hydrogens (tertiary/aromatic N) is 1. The molecule has 0 saturated carbocycles. The number of sulfonamides is 1. The highest BCUT2D eigenvalue weighted by Gasteiger charge is 2.17. The van der Waals surface area contributed by atoms with Gasteiger partial charge in [0.2, 0.25) is 0 Å². The quantitative estimate of drug-likeness (QED) is 0.889. The van der Waals surface area contributed by atoms with Crippen molar-refractivity contribution in [2.75, 3.05) is 4.72 Å². The molecule has 0 spiro atoms. The van der Waals surface area contributed by atoms with E-state index in [2.05, 4.69) is 9.71 Å². The van der Waals surface area contributed by atoms with Crippen LogP contribution in [-0.2, 0) is 16.6 Å². The topological polar surface area (TPSA) is 79.3 Å². The molecule has 0 amide bonds. The second-order valence-corrected chi connectivity index (χ2v) is 7.18. The molecule has 5 nitrogen and oxygen atoms in total. The maximum Gasteiger partial charge on any atom is 0.263 e. The number of aliphatic hydroxyl groups is 1. The summed E-state index contributed by atoms with van der Waals surface area (Å²) in [5, 5.41) is 11.2. The lowest BCUT2D eigenvalue weighted by molar-refractivity contribution is 0.281. The minimum atomic E-state index is -3.67. The zero-order valence-electron chi connectivity index (χ0n) is 11.2. The van der Waals surface area contributed by atoms with Gasteiger partial charge in [-0.25, -0.2) is 13.4 Å².